The molecule has 1 fully saturated rings. The molecule has 0 radical (unpaired) electrons. The Hall–Kier alpha value is -1.94. The third kappa shape index (κ3) is 3.14. The number of benzene rings is 1. The van der Waals surface area contributed by atoms with E-state index in [2.05, 4.69) is 21.7 Å². The molecule has 0 spiro atoms. The SMILES string of the molecule is O=C(NCCNCc1ccnc2ccccc12)C1CC1. The predicted molar refractivity (Wildman–Crippen MR) is 79.2 cm³/mol. The van der Waals surface area contributed by atoms with Crippen molar-refractivity contribution in [2.24, 2.45) is 5.92 Å². The monoisotopic (exact) mass is 269 g/mol. The summed E-state index contributed by atoms with van der Waals surface area (Å²) in [5.74, 6) is 0.500. The van der Waals surface area contributed by atoms with Crippen LogP contribution >= 0.6 is 0 Å². The van der Waals surface area contributed by atoms with Crippen LogP contribution in [-0.2, 0) is 11.3 Å². The van der Waals surface area contributed by atoms with Gasteiger partial charge < -0.3 is 10.6 Å². The van der Waals surface area contributed by atoms with Crippen LogP contribution in [0.15, 0.2) is 36.5 Å². The van der Waals surface area contributed by atoms with Gasteiger partial charge in [-0.25, -0.2) is 0 Å². The van der Waals surface area contributed by atoms with Crippen LogP contribution < -0.4 is 10.6 Å². The summed E-state index contributed by atoms with van der Waals surface area (Å²) in [6.45, 7) is 2.27. The summed E-state index contributed by atoms with van der Waals surface area (Å²) in [4.78, 5) is 15.8. The molecule has 1 aromatic carbocycles. The minimum absolute atomic E-state index is 0.209. The van der Waals surface area contributed by atoms with Crippen LogP contribution in [0.1, 0.15) is 18.4 Å². The summed E-state index contributed by atoms with van der Waals surface area (Å²) in [5, 5.41) is 7.51. The molecule has 0 aliphatic heterocycles. The van der Waals surface area contributed by atoms with Crippen molar-refractivity contribution in [1.29, 1.82) is 0 Å². The lowest BCUT2D eigenvalue weighted by Gasteiger charge is -2.08. The molecule has 3 rings (SSSR count). The Labute approximate surface area is 118 Å². The topological polar surface area (TPSA) is 54.0 Å². The maximum Gasteiger partial charge on any atom is 0.223 e. The minimum atomic E-state index is 0.209. The van der Waals surface area contributed by atoms with Gasteiger partial charge in [-0.05, 0) is 30.5 Å². The van der Waals surface area contributed by atoms with E-state index in [0.29, 0.717) is 12.5 Å². The van der Waals surface area contributed by atoms with Gasteiger partial charge >= 0.3 is 0 Å². The molecule has 4 heteroatoms. The van der Waals surface area contributed by atoms with Crippen LogP contribution in [0.25, 0.3) is 10.9 Å². The largest absolute Gasteiger partial charge is 0.355 e. The molecule has 1 amide bonds. The van der Waals surface area contributed by atoms with Crippen molar-refractivity contribution in [3.05, 3.63) is 42.1 Å². The van der Waals surface area contributed by atoms with Crippen molar-refractivity contribution in [3.63, 3.8) is 0 Å². The zero-order valence-electron chi connectivity index (χ0n) is 11.4. The smallest absolute Gasteiger partial charge is 0.223 e. The second kappa shape index (κ2) is 6.01. The number of nitrogens with zero attached hydrogens (tertiary/aromatic N) is 1. The number of aromatic nitrogens is 1. The number of rotatable bonds is 6. The predicted octanol–water partition coefficient (Wildman–Crippen LogP) is 1.85. The maximum atomic E-state index is 11.5. The highest BCUT2D eigenvalue weighted by Gasteiger charge is 2.28. The molecule has 1 aliphatic rings. The van der Waals surface area contributed by atoms with Crippen molar-refractivity contribution in [1.82, 2.24) is 15.6 Å². The van der Waals surface area contributed by atoms with Gasteiger partial charge in [0.1, 0.15) is 0 Å². The second-order valence-electron chi connectivity index (χ2n) is 5.23. The first-order chi connectivity index (χ1) is 9.84. The van der Waals surface area contributed by atoms with Crippen LogP contribution in [0.3, 0.4) is 0 Å². The van der Waals surface area contributed by atoms with E-state index in [4.69, 9.17) is 0 Å². The number of nitrogens with one attached hydrogen (secondary N) is 2. The summed E-state index contributed by atoms with van der Waals surface area (Å²) in [6.07, 6.45) is 3.96. The molecule has 0 unspecified atom stereocenters. The highest BCUT2D eigenvalue weighted by molar-refractivity contribution is 5.82. The lowest BCUT2D eigenvalue weighted by molar-refractivity contribution is -0.122. The average molecular weight is 269 g/mol. The fraction of sp³-hybridized carbons (Fsp3) is 0.375. The van der Waals surface area contributed by atoms with Crippen molar-refractivity contribution in [2.75, 3.05) is 13.1 Å². The van der Waals surface area contributed by atoms with Gasteiger partial charge in [0.15, 0.2) is 0 Å². The highest BCUT2D eigenvalue weighted by atomic mass is 16.2. The van der Waals surface area contributed by atoms with Gasteiger partial charge in [0.25, 0.3) is 0 Å². The molecule has 1 aromatic heterocycles. The molecular weight excluding hydrogens is 250 g/mol. The molecule has 2 N–H and O–H groups in total. The first kappa shape index (κ1) is 13.1. The van der Waals surface area contributed by atoms with E-state index in [-0.39, 0.29) is 5.91 Å². The normalized spacial score (nSPS) is 14.4. The van der Waals surface area contributed by atoms with Crippen LogP contribution in [0.2, 0.25) is 0 Å². The van der Waals surface area contributed by atoms with E-state index in [1.807, 2.05) is 30.5 Å². The van der Waals surface area contributed by atoms with Crippen LogP contribution in [0, 0.1) is 5.92 Å². The summed E-state index contributed by atoms with van der Waals surface area (Å²) in [5.41, 5.74) is 2.26. The summed E-state index contributed by atoms with van der Waals surface area (Å²) < 4.78 is 0. The number of amides is 1. The van der Waals surface area contributed by atoms with E-state index in [9.17, 15) is 4.79 Å². The lowest BCUT2D eigenvalue weighted by Crippen LogP contribution is -2.32. The average Bonchev–Trinajstić information content (AvgIpc) is 3.31. The summed E-state index contributed by atoms with van der Waals surface area (Å²) in [6, 6.07) is 10.2. The third-order valence-corrected chi connectivity index (χ3v) is 3.60. The molecule has 0 saturated heterocycles. The van der Waals surface area contributed by atoms with Crippen molar-refractivity contribution < 1.29 is 4.79 Å². The minimum Gasteiger partial charge on any atom is -0.355 e. The Bertz CT molecular complexity index is 602. The summed E-state index contributed by atoms with van der Waals surface area (Å²) in [7, 11) is 0. The van der Waals surface area contributed by atoms with Gasteiger partial charge in [0, 0.05) is 37.1 Å². The van der Waals surface area contributed by atoms with Crippen LogP contribution in [-0.4, -0.2) is 24.0 Å². The van der Waals surface area contributed by atoms with E-state index in [0.717, 1.165) is 31.4 Å². The zero-order valence-corrected chi connectivity index (χ0v) is 11.4. The molecule has 4 nitrogen and oxygen atoms in total. The van der Waals surface area contributed by atoms with Crippen LogP contribution in [0.4, 0.5) is 0 Å². The Kier molecular flexibility index (Phi) is 3.92. The Morgan fingerprint density at radius 2 is 2.05 bits per heavy atom. The Morgan fingerprint density at radius 3 is 2.90 bits per heavy atom. The number of hydrogen-bond acceptors (Lipinski definition) is 3. The quantitative estimate of drug-likeness (QED) is 0.787. The fourth-order valence-electron chi connectivity index (χ4n) is 2.30. The lowest BCUT2D eigenvalue weighted by atomic mass is 10.1. The van der Waals surface area contributed by atoms with Crippen LogP contribution in [0.5, 0.6) is 0 Å². The van der Waals surface area contributed by atoms with Gasteiger partial charge in [-0.3, -0.25) is 9.78 Å². The zero-order chi connectivity index (χ0) is 13.8. The number of carbonyl (C=O) groups excluding carboxylic acids is 1. The van der Waals surface area contributed by atoms with Crippen molar-refractivity contribution >= 4 is 16.8 Å². The van der Waals surface area contributed by atoms with E-state index >= 15 is 0 Å². The molecule has 0 bridgehead atoms. The molecule has 1 saturated carbocycles. The molecule has 104 valence electrons. The first-order valence-electron chi connectivity index (χ1n) is 7.15. The number of carbonyl (C=O) groups is 1. The Balaban J connectivity index is 1.48. The molecule has 0 atom stereocenters. The van der Waals surface area contributed by atoms with Gasteiger partial charge in [-0.1, -0.05) is 18.2 Å². The molecule has 20 heavy (non-hydrogen) atoms. The highest BCUT2D eigenvalue weighted by Crippen LogP contribution is 2.28. The van der Waals surface area contributed by atoms with Gasteiger partial charge in [0.2, 0.25) is 5.91 Å². The molecular formula is C16H19N3O. The number of pyridine rings is 1. The van der Waals surface area contributed by atoms with Gasteiger partial charge in [-0.2, -0.15) is 0 Å². The third-order valence-electron chi connectivity index (χ3n) is 3.60. The van der Waals surface area contributed by atoms with E-state index in [1.165, 1.54) is 10.9 Å². The molecule has 1 heterocycles. The standard InChI is InChI=1S/C16H19N3O/c20-16(12-5-6-12)19-10-9-17-11-13-7-8-18-15-4-2-1-3-14(13)15/h1-4,7-8,12,17H,5-6,9-11H2,(H,19,20). The van der Waals surface area contributed by atoms with Gasteiger partial charge in [-0.15, -0.1) is 0 Å². The molecule has 1 aliphatic carbocycles. The number of hydrogen-bond donors (Lipinski definition) is 2. The van der Waals surface area contributed by atoms with Crippen molar-refractivity contribution in [3.8, 4) is 0 Å². The van der Waals surface area contributed by atoms with Crippen molar-refractivity contribution in [2.45, 2.75) is 19.4 Å². The fourth-order valence-corrected chi connectivity index (χ4v) is 2.30. The van der Waals surface area contributed by atoms with E-state index in [1.54, 1.807) is 0 Å². The second-order valence-corrected chi connectivity index (χ2v) is 5.23. The molecule has 2 aromatic rings. The summed E-state index contributed by atoms with van der Waals surface area (Å²) >= 11 is 0. The maximum absolute atomic E-state index is 11.5. The number of para-hydroxylation sites is 1. The van der Waals surface area contributed by atoms with E-state index < -0.39 is 0 Å². The van der Waals surface area contributed by atoms with Gasteiger partial charge in [0.05, 0.1) is 5.52 Å². The Morgan fingerprint density at radius 1 is 1.20 bits per heavy atom. The first-order valence-corrected chi connectivity index (χ1v) is 7.15. The number of fused-ring (bicyclic) bond motifs is 1.